The highest BCUT2D eigenvalue weighted by atomic mass is 32.1. The maximum atomic E-state index is 8.63. The van der Waals surface area contributed by atoms with Crippen LogP contribution in [0.15, 0.2) is 11.8 Å². The second kappa shape index (κ2) is 3.63. The Morgan fingerprint density at radius 2 is 2.31 bits per heavy atom. The molecule has 0 bridgehead atoms. The van der Waals surface area contributed by atoms with Crippen LogP contribution in [0.4, 0.5) is 5.82 Å². The summed E-state index contributed by atoms with van der Waals surface area (Å²) in [6.07, 6.45) is 1.49. The number of anilines is 1. The van der Waals surface area contributed by atoms with Crippen LogP contribution in [-0.4, -0.2) is 33.2 Å². The van der Waals surface area contributed by atoms with Crippen LogP contribution in [0.25, 0.3) is 10.3 Å². The molecule has 0 saturated heterocycles. The summed E-state index contributed by atoms with van der Waals surface area (Å²) in [5, 5.41) is 11.6. The van der Waals surface area contributed by atoms with Crippen molar-refractivity contribution >= 4 is 27.5 Å². The van der Waals surface area contributed by atoms with E-state index in [0.717, 1.165) is 10.3 Å². The minimum Gasteiger partial charge on any atom is -0.395 e. The Hall–Kier alpha value is -1.27. The molecular formula is C7H8N4OS. The van der Waals surface area contributed by atoms with Crippen molar-refractivity contribution in [3.8, 4) is 0 Å². The standard InChI is InChI=1S/C7H8N4OS/c12-2-1-8-6-5-7(10-3-9-6)13-4-11-5/h3-4,12H,1-2H2,(H,8,9,10). The fourth-order valence-corrected chi connectivity index (χ4v) is 1.62. The normalized spacial score (nSPS) is 10.5. The molecule has 2 N–H and O–H groups in total. The van der Waals surface area contributed by atoms with Gasteiger partial charge in [0, 0.05) is 6.54 Å². The minimum absolute atomic E-state index is 0.0790. The first kappa shape index (κ1) is 8.33. The Morgan fingerprint density at radius 3 is 3.15 bits per heavy atom. The molecule has 2 rings (SSSR count). The number of nitrogens with one attached hydrogen (secondary N) is 1. The Labute approximate surface area is 78.5 Å². The van der Waals surface area contributed by atoms with Crippen molar-refractivity contribution in [2.24, 2.45) is 0 Å². The van der Waals surface area contributed by atoms with Crippen LogP contribution in [-0.2, 0) is 0 Å². The van der Waals surface area contributed by atoms with Gasteiger partial charge in [0.1, 0.15) is 16.7 Å². The molecule has 0 radical (unpaired) electrons. The van der Waals surface area contributed by atoms with Gasteiger partial charge in [-0.2, -0.15) is 0 Å². The molecule has 2 aromatic rings. The van der Waals surface area contributed by atoms with E-state index in [-0.39, 0.29) is 6.61 Å². The molecule has 2 aromatic heterocycles. The summed E-state index contributed by atoms with van der Waals surface area (Å²) in [5.41, 5.74) is 2.49. The van der Waals surface area contributed by atoms with Gasteiger partial charge in [-0.25, -0.2) is 15.0 Å². The van der Waals surface area contributed by atoms with E-state index in [1.165, 1.54) is 17.7 Å². The Bertz CT molecular complexity index is 402. The van der Waals surface area contributed by atoms with Crippen molar-refractivity contribution in [3.63, 3.8) is 0 Å². The Morgan fingerprint density at radius 1 is 1.38 bits per heavy atom. The third kappa shape index (κ3) is 1.58. The highest BCUT2D eigenvalue weighted by molar-refractivity contribution is 7.16. The SMILES string of the molecule is OCCNc1ncnc2scnc12. The van der Waals surface area contributed by atoms with E-state index < -0.39 is 0 Å². The summed E-state index contributed by atoms with van der Waals surface area (Å²) in [7, 11) is 0. The molecule has 6 heteroatoms. The van der Waals surface area contributed by atoms with Gasteiger partial charge in [-0.3, -0.25) is 0 Å². The Balaban J connectivity index is 2.37. The van der Waals surface area contributed by atoms with E-state index in [9.17, 15) is 0 Å². The molecule has 0 amide bonds. The van der Waals surface area contributed by atoms with E-state index in [2.05, 4.69) is 20.3 Å². The quantitative estimate of drug-likeness (QED) is 0.747. The Kier molecular flexibility index (Phi) is 2.33. The maximum absolute atomic E-state index is 8.63. The fourth-order valence-electron chi connectivity index (χ4n) is 0.998. The van der Waals surface area contributed by atoms with Crippen molar-refractivity contribution in [1.82, 2.24) is 15.0 Å². The number of hydrogen-bond donors (Lipinski definition) is 2. The van der Waals surface area contributed by atoms with Crippen LogP contribution < -0.4 is 5.32 Å². The van der Waals surface area contributed by atoms with E-state index >= 15 is 0 Å². The van der Waals surface area contributed by atoms with E-state index in [4.69, 9.17) is 5.11 Å². The summed E-state index contributed by atoms with van der Waals surface area (Å²) in [4.78, 5) is 13.1. The first-order valence-electron chi connectivity index (χ1n) is 3.81. The van der Waals surface area contributed by atoms with Crippen LogP contribution in [0, 0.1) is 0 Å². The van der Waals surface area contributed by atoms with Crippen LogP contribution in [0.5, 0.6) is 0 Å². The van der Waals surface area contributed by atoms with E-state index in [1.807, 2.05) is 0 Å². The lowest BCUT2D eigenvalue weighted by Crippen LogP contribution is -2.07. The topological polar surface area (TPSA) is 70.9 Å². The van der Waals surface area contributed by atoms with Gasteiger partial charge < -0.3 is 10.4 Å². The van der Waals surface area contributed by atoms with Gasteiger partial charge in [-0.1, -0.05) is 0 Å². The summed E-state index contributed by atoms with van der Waals surface area (Å²) in [6.45, 7) is 0.555. The summed E-state index contributed by atoms with van der Waals surface area (Å²) in [6, 6.07) is 0. The van der Waals surface area contributed by atoms with E-state index in [1.54, 1.807) is 5.51 Å². The molecule has 0 atom stereocenters. The highest BCUT2D eigenvalue weighted by Gasteiger charge is 2.04. The van der Waals surface area contributed by atoms with Crippen LogP contribution in [0.3, 0.4) is 0 Å². The van der Waals surface area contributed by atoms with Gasteiger partial charge in [0.25, 0.3) is 0 Å². The van der Waals surface area contributed by atoms with Gasteiger partial charge in [0.05, 0.1) is 12.1 Å². The van der Waals surface area contributed by atoms with Crippen molar-refractivity contribution < 1.29 is 5.11 Å². The molecule has 0 unspecified atom stereocenters. The van der Waals surface area contributed by atoms with Gasteiger partial charge >= 0.3 is 0 Å². The number of fused-ring (bicyclic) bond motifs is 1. The van der Waals surface area contributed by atoms with Crippen molar-refractivity contribution in [3.05, 3.63) is 11.8 Å². The molecule has 0 spiro atoms. The number of aromatic nitrogens is 3. The first-order valence-corrected chi connectivity index (χ1v) is 4.68. The lowest BCUT2D eigenvalue weighted by atomic mass is 10.5. The molecule has 0 fully saturated rings. The molecule has 2 heterocycles. The molecule has 5 nitrogen and oxygen atoms in total. The molecule has 0 saturated carbocycles. The number of aliphatic hydroxyl groups is 1. The van der Waals surface area contributed by atoms with Crippen molar-refractivity contribution in [2.75, 3.05) is 18.5 Å². The largest absolute Gasteiger partial charge is 0.395 e. The van der Waals surface area contributed by atoms with Crippen LogP contribution in [0.1, 0.15) is 0 Å². The average Bonchev–Trinajstić information content (AvgIpc) is 2.62. The molecule has 68 valence electrons. The lowest BCUT2D eigenvalue weighted by Gasteiger charge is -2.01. The first-order chi connectivity index (χ1) is 6.42. The number of hydrogen-bond acceptors (Lipinski definition) is 6. The van der Waals surface area contributed by atoms with Gasteiger partial charge in [0.2, 0.25) is 0 Å². The van der Waals surface area contributed by atoms with Gasteiger partial charge in [0.15, 0.2) is 5.82 Å². The molecule has 0 aromatic carbocycles. The van der Waals surface area contributed by atoms with Crippen molar-refractivity contribution in [1.29, 1.82) is 0 Å². The second-order valence-corrected chi connectivity index (χ2v) is 3.21. The fraction of sp³-hybridized carbons (Fsp3) is 0.286. The van der Waals surface area contributed by atoms with Gasteiger partial charge in [-0.05, 0) is 0 Å². The van der Waals surface area contributed by atoms with Crippen molar-refractivity contribution in [2.45, 2.75) is 0 Å². The third-order valence-electron chi connectivity index (χ3n) is 1.54. The number of aliphatic hydroxyl groups excluding tert-OH is 1. The molecule has 0 aliphatic carbocycles. The van der Waals surface area contributed by atoms with Crippen LogP contribution in [0.2, 0.25) is 0 Å². The number of nitrogens with zero attached hydrogens (tertiary/aromatic N) is 3. The predicted molar refractivity (Wildman–Crippen MR) is 50.8 cm³/mol. The van der Waals surface area contributed by atoms with Crippen LogP contribution >= 0.6 is 11.3 Å². The molecule has 0 aliphatic heterocycles. The summed E-state index contributed by atoms with van der Waals surface area (Å²) >= 11 is 1.47. The predicted octanol–water partition coefficient (Wildman–Crippen LogP) is 0.490. The molecular weight excluding hydrogens is 188 g/mol. The third-order valence-corrected chi connectivity index (χ3v) is 2.27. The lowest BCUT2D eigenvalue weighted by molar-refractivity contribution is 0.311. The molecule has 13 heavy (non-hydrogen) atoms. The number of rotatable bonds is 3. The zero-order valence-electron chi connectivity index (χ0n) is 6.77. The minimum atomic E-state index is 0.0790. The maximum Gasteiger partial charge on any atom is 0.157 e. The molecule has 0 aliphatic rings. The summed E-state index contributed by atoms with van der Waals surface area (Å²) < 4.78 is 0. The summed E-state index contributed by atoms with van der Waals surface area (Å²) in [5.74, 6) is 0.681. The monoisotopic (exact) mass is 196 g/mol. The smallest absolute Gasteiger partial charge is 0.157 e. The number of thiazole rings is 1. The van der Waals surface area contributed by atoms with Gasteiger partial charge in [-0.15, -0.1) is 11.3 Å². The zero-order valence-corrected chi connectivity index (χ0v) is 7.58. The second-order valence-electron chi connectivity index (χ2n) is 2.38. The highest BCUT2D eigenvalue weighted by Crippen LogP contribution is 2.19. The average molecular weight is 196 g/mol. The zero-order chi connectivity index (χ0) is 9.10. The van der Waals surface area contributed by atoms with E-state index in [0.29, 0.717) is 12.4 Å².